The molecule has 0 aromatic carbocycles. The number of carbonyl (C=O) groups is 1. The quantitative estimate of drug-likeness (QED) is 0.439. The van der Waals surface area contributed by atoms with Crippen LogP contribution in [-0.2, 0) is 19.0 Å². The molecule has 196 valence electrons. The molecule has 0 aromatic heterocycles. The molecule has 6 heteroatoms. The van der Waals surface area contributed by atoms with E-state index < -0.39 is 23.1 Å². The minimum absolute atomic E-state index is 0.0188. The second kappa shape index (κ2) is 7.33. The van der Waals surface area contributed by atoms with Crippen LogP contribution in [0.3, 0.4) is 0 Å². The summed E-state index contributed by atoms with van der Waals surface area (Å²) in [6, 6.07) is 0. The highest BCUT2D eigenvalue weighted by molar-refractivity contribution is 5.66. The minimum Gasteiger partial charge on any atom is -0.459 e. The standard InChI is InChI=1S/C29H44O6/c1-16(30)33-23-15-29(25(2,3)32)34-22-14-21-19-8-7-17-13-18(31)9-11-26(17,4)20(19)10-12-27(21,5)24(22)28(23,6)35-29/h7,18-24,31-32H,8-15H2,1-6H3/t18?,19-,20+,21+,22?,23?,24+,26+,27+,28+,29?/m1/s1. The van der Waals surface area contributed by atoms with Crippen LogP contribution in [0.5, 0.6) is 0 Å². The van der Waals surface area contributed by atoms with Gasteiger partial charge in [-0.05, 0) is 94.3 Å². The number of rotatable bonds is 2. The Hall–Kier alpha value is -0.950. The predicted octanol–water partition coefficient (Wildman–Crippen LogP) is 4.51. The molecule has 2 saturated heterocycles. The van der Waals surface area contributed by atoms with Gasteiger partial charge in [0.25, 0.3) is 0 Å². The van der Waals surface area contributed by atoms with Crippen LogP contribution in [-0.4, -0.2) is 51.5 Å². The van der Waals surface area contributed by atoms with E-state index in [-0.39, 0.29) is 34.9 Å². The van der Waals surface area contributed by atoms with Crippen LogP contribution in [0.1, 0.15) is 92.9 Å². The Labute approximate surface area is 209 Å². The molecule has 0 spiro atoms. The first-order chi connectivity index (χ1) is 16.2. The van der Waals surface area contributed by atoms with Crippen molar-refractivity contribution in [1.29, 1.82) is 0 Å². The second-order valence-corrected chi connectivity index (χ2v) is 14.0. The maximum Gasteiger partial charge on any atom is 0.303 e. The topological polar surface area (TPSA) is 85.2 Å². The summed E-state index contributed by atoms with van der Waals surface area (Å²) in [5, 5.41) is 21.5. The number of fused-ring (bicyclic) bond motifs is 10. The highest BCUT2D eigenvalue weighted by Gasteiger charge is 2.76. The molecule has 0 radical (unpaired) electrons. The van der Waals surface area contributed by atoms with Crippen molar-refractivity contribution in [3.63, 3.8) is 0 Å². The van der Waals surface area contributed by atoms with E-state index >= 15 is 0 Å². The van der Waals surface area contributed by atoms with Gasteiger partial charge < -0.3 is 24.4 Å². The lowest BCUT2D eigenvalue weighted by Gasteiger charge is -2.59. The van der Waals surface area contributed by atoms with Crippen molar-refractivity contribution in [2.24, 2.45) is 34.5 Å². The highest BCUT2D eigenvalue weighted by Crippen LogP contribution is 2.72. The Balaban J connectivity index is 1.38. The van der Waals surface area contributed by atoms with E-state index in [2.05, 4.69) is 26.8 Å². The fourth-order valence-electron chi connectivity index (χ4n) is 10.1. The molecule has 2 heterocycles. The van der Waals surface area contributed by atoms with Crippen LogP contribution in [0.25, 0.3) is 0 Å². The van der Waals surface area contributed by atoms with Gasteiger partial charge in [-0.25, -0.2) is 0 Å². The number of hydrogen-bond acceptors (Lipinski definition) is 6. The van der Waals surface area contributed by atoms with Gasteiger partial charge in [0, 0.05) is 19.3 Å². The largest absolute Gasteiger partial charge is 0.459 e. The van der Waals surface area contributed by atoms with Crippen LogP contribution in [0, 0.1) is 34.5 Å². The van der Waals surface area contributed by atoms with Gasteiger partial charge in [0.2, 0.25) is 5.79 Å². The second-order valence-electron chi connectivity index (χ2n) is 14.0. The summed E-state index contributed by atoms with van der Waals surface area (Å²) in [6.07, 6.45) is 9.30. The molecule has 0 aromatic rings. The Bertz CT molecular complexity index is 953. The van der Waals surface area contributed by atoms with E-state index in [0.29, 0.717) is 24.2 Å². The lowest BCUT2D eigenvalue weighted by atomic mass is 9.46. The molecule has 2 N–H and O–H groups in total. The average Bonchev–Trinajstić information content (AvgIpc) is 3.17. The summed E-state index contributed by atoms with van der Waals surface area (Å²) in [6.45, 7) is 11.9. The molecule has 3 saturated carbocycles. The average molecular weight is 489 g/mol. The van der Waals surface area contributed by atoms with Gasteiger partial charge in [-0.15, -0.1) is 0 Å². The molecule has 6 aliphatic rings. The fraction of sp³-hybridized carbons (Fsp3) is 0.897. The van der Waals surface area contributed by atoms with Crippen molar-refractivity contribution in [1.82, 2.24) is 0 Å². The molecule has 5 fully saturated rings. The normalized spacial score (nSPS) is 54.7. The van der Waals surface area contributed by atoms with Gasteiger partial charge in [0.05, 0.1) is 12.2 Å². The van der Waals surface area contributed by atoms with Gasteiger partial charge in [-0.3, -0.25) is 4.79 Å². The van der Waals surface area contributed by atoms with E-state index in [4.69, 9.17) is 14.2 Å². The van der Waals surface area contributed by atoms with E-state index in [1.54, 1.807) is 13.8 Å². The zero-order valence-electron chi connectivity index (χ0n) is 22.3. The van der Waals surface area contributed by atoms with Crippen LogP contribution < -0.4 is 0 Å². The van der Waals surface area contributed by atoms with E-state index in [1.807, 2.05) is 0 Å². The first kappa shape index (κ1) is 24.4. The van der Waals surface area contributed by atoms with Crippen molar-refractivity contribution < 1.29 is 29.2 Å². The molecule has 11 atom stereocenters. The third kappa shape index (κ3) is 3.12. The van der Waals surface area contributed by atoms with Gasteiger partial charge in [-0.2, -0.15) is 0 Å². The smallest absolute Gasteiger partial charge is 0.303 e. The Morgan fingerprint density at radius 2 is 1.91 bits per heavy atom. The summed E-state index contributed by atoms with van der Waals surface area (Å²) >= 11 is 0. The summed E-state index contributed by atoms with van der Waals surface area (Å²) in [4.78, 5) is 12.1. The fourth-order valence-corrected chi connectivity index (χ4v) is 10.1. The first-order valence-corrected chi connectivity index (χ1v) is 13.9. The Kier molecular flexibility index (Phi) is 5.11. The maximum atomic E-state index is 12.1. The molecule has 4 aliphatic carbocycles. The monoisotopic (exact) mass is 488 g/mol. The highest BCUT2D eigenvalue weighted by atomic mass is 16.8. The van der Waals surface area contributed by atoms with Crippen molar-refractivity contribution in [2.45, 2.75) is 128 Å². The number of esters is 1. The first-order valence-electron chi connectivity index (χ1n) is 13.9. The molecule has 4 unspecified atom stereocenters. The van der Waals surface area contributed by atoms with Crippen LogP contribution in [0.15, 0.2) is 11.6 Å². The van der Waals surface area contributed by atoms with Crippen LogP contribution >= 0.6 is 0 Å². The Morgan fingerprint density at radius 3 is 2.60 bits per heavy atom. The summed E-state index contributed by atoms with van der Waals surface area (Å²) in [7, 11) is 0. The maximum absolute atomic E-state index is 12.1. The minimum atomic E-state index is -1.22. The molecule has 0 amide bonds. The number of carbonyl (C=O) groups excluding carboxylic acids is 1. The third-order valence-electron chi connectivity index (χ3n) is 11.8. The van der Waals surface area contributed by atoms with Crippen molar-refractivity contribution >= 4 is 5.97 Å². The van der Waals surface area contributed by atoms with Crippen LogP contribution in [0.4, 0.5) is 0 Å². The molecule has 6 nitrogen and oxygen atoms in total. The summed E-state index contributed by atoms with van der Waals surface area (Å²) in [5.74, 6) is 0.336. The zero-order chi connectivity index (χ0) is 25.2. The lowest BCUT2D eigenvalue weighted by Crippen LogP contribution is -2.64. The molecular formula is C29H44O6. The molecule has 2 bridgehead atoms. The predicted molar refractivity (Wildman–Crippen MR) is 130 cm³/mol. The number of ether oxygens (including phenoxy) is 3. The Morgan fingerprint density at radius 1 is 1.17 bits per heavy atom. The summed E-state index contributed by atoms with van der Waals surface area (Å²) in [5.41, 5.74) is -0.223. The van der Waals surface area contributed by atoms with E-state index in [9.17, 15) is 15.0 Å². The molecular weight excluding hydrogens is 444 g/mol. The molecule has 35 heavy (non-hydrogen) atoms. The summed E-state index contributed by atoms with van der Waals surface area (Å²) < 4.78 is 19.4. The third-order valence-corrected chi connectivity index (χ3v) is 11.8. The van der Waals surface area contributed by atoms with Crippen LogP contribution in [0.2, 0.25) is 0 Å². The van der Waals surface area contributed by atoms with Crippen molar-refractivity contribution in [2.75, 3.05) is 0 Å². The van der Waals surface area contributed by atoms with Crippen molar-refractivity contribution in [3.8, 4) is 0 Å². The van der Waals surface area contributed by atoms with Gasteiger partial charge >= 0.3 is 5.97 Å². The molecule has 2 aliphatic heterocycles. The lowest BCUT2D eigenvalue weighted by molar-refractivity contribution is -0.384. The SMILES string of the molecule is CC(=O)OC1CC2(C(C)(C)O)OC3C[C@H]4[C@@H]5CC=C6CC(O)CC[C@]6(C)[C@H]5CC[C@]4(C)[C@H]3[C@@]1(C)O2. The molecule has 6 rings (SSSR count). The number of aliphatic hydroxyl groups is 2. The number of allylic oxidation sites excluding steroid dienone is 1. The van der Waals surface area contributed by atoms with Crippen molar-refractivity contribution in [3.05, 3.63) is 11.6 Å². The van der Waals surface area contributed by atoms with Gasteiger partial charge in [-0.1, -0.05) is 25.5 Å². The number of hydrogen-bond donors (Lipinski definition) is 2. The number of aliphatic hydroxyl groups excluding tert-OH is 1. The van der Waals surface area contributed by atoms with Gasteiger partial charge in [0.15, 0.2) is 0 Å². The van der Waals surface area contributed by atoms with Gasteiger partial charge in [0.1, 0.15) is 17.3 Å². The zero-order valence-corrected chi connectivity index (χ0v) is 22.3. The van der Waals surface area contributed by atoms with E-state index in [1.165, 1.54) is 18.9 Å². The van der Waals surface area contributed by atoms with E-state index in [0.717, 1.165) is 38.5 Å².